The van der Waals surface area contributed by atoms with Gasteiger partial charge in [0.2, 0.25) is 0 Å². The minimum absolute atomic E-state index is 0.240. The molecule has 0 aliphatic rings. The van der Waals surface area contributed by atoms with Crippen molar-refractivity contribution in [3.05, 3.63) is 70.8 Å². The predicted octanol–water partition coefficient (Wildman–Crippen LogP) is 4.22. The van der Waals surface area contributed by atoms with E-state index >= 15 is 0 Å². The summed E-state index contributed by atoms with van der Waals surface area (Å²) < 4.78 is 5.48. The van der Waals surface area contributed by atoms with Crippen molar-refractivity contribution in [2.75, 3.05) is 0 Å². The fourth-order valence-corrected chi connectivity index (χ4v) is 1.89. The van der Waals surface area contributed by atoms with E-state index in [4.69, 9.17) is 4.74 Å². The third kappa shape index (κ3) is 3.22. The van der Waals surface area contributed by atoms with Crippen LogP contribution in [0.5, 0.6) is 0 Å². The maximum absolute atomic E-state index is 12.1. The number of carbonyl (C=O) groups is 1. The molecule has 0 saturated heterocycles. The number of rotatable bonds is 3. The lowest BCUT2D eigenvalue weighted by Crippen LogP contribution is -2.09. The highest BCUT2D eigenvalue weighted by Crippen LogP contribution is 2.19. The molecule has 0 aromatic heterocycles. The van der Waals surface area contributed by atoms with Gasteiger partial charge in [0.1, 0.15) is 6.10 Å². The smallest absolute Gasteiger partial charge is 0.338 e. The fourth-order valence-electron chi connectivity index (χ4n) is 1.89. The van der Waals surface area contributed by atoms with Crippen LogP contribution in [-0.2, 0) is 4.74 Å². The van der Waals surface area contributed by atoms with E-state index in [-0.39, 0.29) is 12.1 Å². The van der Waals surface area contributed by atoms with Crippen LogP contribution in [0.3, 0.4) is 0 Å². The Kier molecular flexibility index (Phi) is 4.00. The zero-order valence-electron chi connectivity index (χ0n) is 11.5. The monoisotopic (exact) mass is 254 g/mol. The molecular formula is C17H18O2. The van der Waals surface area contributed by atoms with E-state index in [1.165, 1.54) is 5.56 Å². The molecule has 0 radical (unpaired) electrons. The summed E-state index contributed by atoms with van der Waals surface area (Å²) in [4.78, 5) is 12.1. The highest BCUT2D eigenvalue weighted by molar-refractivity contribution is 5.89. The number of hydrogen-bond acceptors (Lipinski definition) is 2. The molecule has 0 bridgehead atoms. The SMILES string of the molecule is Cc1ccc(C(=O)OC(C)c2ccccc2)cc1C. The van der Waals surface area contributed by atoms with Crippen LogP contribution in [0.1, 0.15) is 40.1 Å². The van der Waals surface area contributed by atoms with Crippen molar-refractivity contribution >= 4 is 5.97 Å². The third-order valence-corrected chi connectivity index (χ3v) is 3.30. The van der Waals surface area contributed by atoms with E-state index in [9.17, 15) is 4.79 Å². The van der Waals surface area contributed by atoms with Crippen molar-refractivity contribution in [1.82, 2.24) is 0 Å². The first-order valence-corrected chi connectivity index (χ1v) is 6.41. The molecule has 0 aliphatic carbocycles. The Morgan fingerprint density at radius 1 is 1.00 bits per heavy atom. The van der Waals surface area contributed by atoms with Crippen molar-refractivity contribution in [3.63, 3.8) is 0 Å². The van der Waals surface area contributed by atoms with Gasteiger partial charge in [-0.3, -0.25) is 0 Å². The zero-order chi connectivity index (χ0) is 13.8. The second-order valence-electron chi connectivity index (χ2n) is 4.76. The lowest BCUT2D eigenvalue weighted by molar-refractivity contribution is 0.0338. The molecule has 0 fully saturated rings. The van der Waals surface area contributed by atoms with Gasteiger partial charge in [-0.1, -0.05) is 36.4 Å². The van der Waals surface area contributed by atoms with Gasteiger partial charge in [-0.2, -0.15) is 0 Å². The largest absolute Gasteiger partial charge is 0.454 e. The molecule has 98 valence electrons. The van der Waals surface area contributed by atoms with Crippen LogP contribution in [0.4, 0.5) is 0 Å². The molecule has 0 heterocycles. The van der Waals surface area contributed by atoms with E-state index in [1.807, 2.05) is 69.3 Å². The lowest BCUT2D eigenvalue weighted by atomic mass is 10.1. The van der Waals surface area contributed by atoms with Gasteiger partial charge in [-0.15, -0.1) is 0 Å². The maximum Gasteiger partial charge on any atom is 0.338 e. The Labute approximate surface area is 114 Å². The minimum Gasteiger partial charge on any atom is -0.454 e. The minimum atomic E-state index is -0.278. The van der Waals surface area contributed by atoms with E-state index in [0.717, 1.165) is 11.1 Å². The summed E-state index contributed by atoms with van der Waals surface area (Å²) in [5, 5.41) is 0. The maximum atomic E-state index is 12.1. The van der Waals surface area contributed by atoms with Gasteiger partial charge in [-0.25, -0.2) is 4.79 Å². The average molecular weight is 254 g/mol. The molecule has 2 nitrogen and oxygen atoms in total. The van der Waals surface area contributed by atoms with Crippen LogP contribution < -0.4 is 0 Å². The normalized spacial score (nSPS) is 11.9. The first-order chi connectivity index (χ1) is 9.08. The molecule has 1 atom stereocenters. The molecule has 0 spiro atoms. The van der Waals surface area contributed by atoms with Crippen molar-refractivity contribution in [1.29, 1.82) is 0 Å². The Bertz CT molecular complexity index is 573. The van der Waals surface area contributed by atoms with Crippen LogP contribution in [0.15, 0.2) is 48.5 Å². The quantitative estimate of drug-likeness (QED) is 0.766. The van der Waals surface area contributed by atoms with Crippen molar-refractivity contribution in [2.45, 2.75) is 26.9 Å². The molecule has 0 amide bonds. The van der Waals surface area contributed by atoms with E-state index in [2.05, 4.69) is 0 Å². The summed E-state index contributed by atoms with van der Waals surface area (Å²) in [6.45, 7) is 5.90. The Balaban J connectivity index is 2.11. The number of ether oxygens (including phenoxy) is 1. The molecular weight excluding hydrogens is 236 g/mol. The molecule has 2 aromatic rings. The molecule has 2 heteroatoms. The van der Waals surface area contributed by atoms with Gasteiger partial charge in [0.15, 0.2) is 0 Å². The topological polar surface area (TPSA) is 26.3 Å². The fraction of sp³-hybridized carbons (Fsp3) is 0.235. The first kappa shape index (κ1) is 13.3. The summed E-state index contributed by atoms with van der Waals surface area (Å²) in [6.07, 6.45) is -0.240. The molecule has 1 unspecified atom stereocenters. The number of benzene rings is 2. The van der Waals surface area contributed by atoms with Crippen LogP contribution in [0.2, 0.25) is 0 Å². The van der Waals surface area contributed by atoms with Crippen molar-refractivity contribution in [3.8, 4) is 0 Å². The molecule has 2 aromatic carbocycles. The Morgan fingerprint density at radius 2 is 1.68 bits per heavy atom. The van der Waals surface area contributed by atoms with E-state index < -0.39 is 0 Å². The predicted molar refractivity (Wildman–Crippen MR) is 76.2 cm³/mol. The lowest BCUT2D eigenvalue weighted by Gasteiger charge is -2.14. The van der Waals surface area contributed by atoms with Gasteiger partial charge in [0, 0.05) is 0 Å². The van der Waals surface area contributed by atoms with Gasteiger partial charge in [-0.05, 0) is 49.6 Å². The summed E-state index contributed by atoms with van der Waals surface area (Å²) >= 11 is 0. The van der Waals surface area contributed by atoms with E-state index in [1.54, 1.807) is 0 Å². The second-order valence-corrected chi connectivity index (χ2v) is 4.76. The zero-order valence-corrected chi connectivity index (χ0v) is 11.5. The third-order valence-electron chi connectivity index (χ3n) is 3.30. The van der Waals surface area contributed by atoms with Crippen LogP contribution in [0.25, 0.3) is 0 Å². The molecule has 0 aliphatic heterocycles. The summed E-state index contributed by atoms with van der Waals surface area (Å²) in [5.74, 6) is -0.278. The summed E-state index contributed by atoms with van der Waals surface area (Å²) in [6, 6.07) is 15.4. The highest BCUT2D eigenvalue weighted by atomic mass is 16.5. The van der Waals surface area contributed by atoms with Crippen LogP contribution in [0, 0.1) is 13.8 Å². The van der Waals surface area contributed by atoms with Crippen LogP contribution in [-0.4, -0.2) is 5.97 Å². The van der Waals surface area contributed by atoms with Gasteiger partial charge in [0.05, 0.1) is 5.56 Å². The number of carbonyl (C=O) groups excluding carboxylic acids is 1. The average Bonchev–Trinajstić information content (AvgIpc) is 2.42. The van der Waals surface area contributed by atoms with Crippen LogP contribution >= 0.6 is 0 Å². The van der Waals surface area contributed by atoms with Crippen molar-refractivity contribution in [2.24, 2.45) is 0 Å². The molecule has 19 heavy (non-hydrogen) atoms. The molecule has 0 saturated carbocycles. The number of hydrogen-bond donors (Lipinski definition) is 0. The Morgan fingerprint density at radius 3 is 2.32 bits per heavy atom. The van der Waals surface area contributed by atoms with Crippen molar-refractivity contribution < 1.29 is 9.53 Å². The molecule has 2 rings (SSSR count). The Hall–Kier alpha value is -2.09. The summed E-state index contributed by atoms with van der Waals surface area (Å²) in [5.41, 5.74) is 3.88. The first-order valence-electron chi connectivity index (χ1n) is 6.41. The van der Waals surface area contributed by atoms with Gasteiger partial charge in [0.25, 0.3) is 0 Å². The summed E-state index contributed by atoms with van der Waals surface area (Å²) in [7, 11) is 0. The highest BCUT2D eigenvalue weighted by Gasteiger charge is 2.13. The second kappa shape index (κ2) is 5.70. The van der Waals surface area contributed by atoms with E-state index in [0.29, 0.717) is 5.56 Å². The van der Waals surface area contributed by atoms with Gasteiger partial charge >= 0.3 is 5.97 Å². The molecule has 0 N–H and O–H groups in total. The number of aryl methyl sites for hydroxylation is 2. The standard InChI is InChI=1S/C17H18O2/c1-12-9-10-16(11-13(12)2)17(18)19-14(3)15-7-5-4-6-8-15/h4-11,14H,1-3H3. The number of esters is 1. The van der Waals surface area contributed by atoms with Gasteiger partial charge < -0.3 is 4.74 Å².